The minimum absolute atomic E-state index is 0.544. The zero-order valence-corrected chi connectivity index (χ0v) is 9.94. The van der Waals surface area contributed by atoms with Gasteiger partial charge in [0.05, 0.1) is 0 Å². The first kappa shape index (κ1) is 12.6. The van der Waals surface area contributed by atoms with E-state index in [9.17, 15) is 4.79 Å². The van der Waals surface area contributed by atoms with E-state index in [-0.39, 0.29) is 0 Å². The van der Waals surface area contributed by atoms with Crippen LogP contribution in [0.1, 0.15) is 24.5 Å². The summed E-state index contributed by atoms with van der Waals surface area (Å²) in [6, 6.07) is 8.42. The second-order valence-electron chi connectivity index (χ2n) is 4.02. The number of benzene rings is 1. The van der Waals surface area contributed by atoms with Crippen LogP contribution < -0.4 is 0 Å². The molecule has 1 rings (SSSR count). The molecule has 0 heterocycles. The Morgan fingerprint density at radius 1 is 1.19 bits per heavy atom. The lowest BCUT2D eigenvalue weighted by Crippen LogP contribution is -2.26. The summed E-state index contributed by atoms with van der Waals surface area (Å²) >= 11 is 0. The molecular weight excluding hydrogens is 202 g/mol. The van der Waals surface area contributed by atoms with Crippen LogP contribution in [0.4, 0.5) is 4.79 Å². The molecule has 3 heteroatoms. The van der Waals surface area contributed by atoms with Crippen molar-refractivity contribution in [2.24, 2.45) is 0 Å². The van der Waals surface area contributed by atoms with Crippen molar-refractivity contribution in [1.82, 2.24) is 4.90 Å². The molecule has 1 aromatic carbocycles. The first-order chi connectivity index (χ1) is 7.63. The number of likely N-dealkylation sites (N-methyl/N-ethyl adjacent to an activating group) is 1. The molecule has 0 aromatic heterocycles. The first-order valence-corrected chi connectivity index (χ1v) is 5.65. The van der Waals surface area contributed by atoms with Gasteiger partial charge < -0.3 is 10.0 Å². The lowest BCUT2D eigenvalue weighted by molar-refractivity contribution is 0.156. The van der Waals surface area contributed by atoms with Gasteiger partial charge >= 0.3 is 6.09 Å². The molecule has 0 radical (unpaired) electrons. The van der Waals surface area contributed by atoms with E-state index in [1.54, 1.807) is 7.05 Å². The third kappa shape index (κ3) is 3.93. The number of hydrogen-bond donors (Lipinski definition) is 1. The summed E-state index contributed by atoms with van der Waals surface area (Å²) in [7, 11) is 1.59. The monoisotopic (exact) mass is 221 g/mol. The predicted octanol–water partition coefficient (Wildman–Crippen LogP) is 2.79. The van der Waals surface area contributed by atoms with Crippen molar-refractivity contribution < 1.29 is 9.90 Å². The molecule has 0 spiro atoms. The highest BCUT2D eigenvalue weighted by molar-refractivity contribution is 5.64. The van der Waals surface area contributed by atoms with Gasteiger partial charge in [0.15, 0.2) is 0 Å². The third-order valence-electron chi connectivity index (χ3n) is 2.62. The normalized spacial score (nSPS) is 10.1. The molecule has 0 saturated heterocycles. The van der Waals surface area contributed by atoms with Crippen molar-refractivity contribution in [2.45, 2.75) is 26.2 Å². The molecule has 0 unspecified atom stereocenters. The van der Waals surface area contributed by atoms with Crippen LogP contribution in [0.25, 0.3) is 0 Å². The van der Waals surface area contributed by atoms with Crippen molar-refractivity contribution in [1.29, 1.82) is 0 Å². The minimum Gasteiger partial charge on any atom is -0.465 e. The highest BCUT2D eigenvalue weighted by Gasteiger charge is 2.04. The molecule has 0 aliphatic carbocycles. The van der Waals surface area contributed by atoms with E-state index in [1.165, 1.54) is 16.0 Å². The van der Waals surface area contributed by atoms with Crippen LogP contribution in [0.5, 0.6) is 0 Å². The van der Waals surface area contributed by atoms with E-state index < -0.39 is 6.09 Å². The Balaban J connectivity index is 2.46. The van der Waals surface area contributed by atoms with Crippen molar-refractivity contribution in [3.63, 3.8) is 0 Å². The van der Waals surface area contributed by atoms with Crippen molar-refractivity contribution >= 4 is 6.09 Å². The molecular formula is C13H19NO2. The average molecular weight is 221 g/mol. The van der Waals surface area contributed by atoms with Crippen LogP contribution in [-0.2, 0) is 12.8 Å². The van der Waals surface area contributed by atoms with E-state index in [0.29, 0.717) is 6.54 Å². The van der Waals surface area contributed by atoms with Crippen LogP contribution in [0.15, 0.2) is 24.3 Å². The smallest absolute Gasteiger partial charge is 0.407 e. The summed E-state index contributed by atoms with van der Waals surface area (Å²) in [6.45, 7) is 2.71. The zero-order valence-electron chi connectivity index (χ0n) is 9.94. The number of amides is 1. The summed E-state index contributed by atoms with van der Waals surface area (Å²) < 4.78 is 0. The van der Waals surface area contributed by atoms with Crippen molar-refractivity contribution in [3.05, 3.63) is 35.4 Å². The Morgan fingerprint density at radius 3 is 2.12 bits per heavy atom. The third-order valence-corrected chi connectivity index (χ3v) is 2.62. The van der Waals surface area contributed by atoms with Gasteiger partial charge in [0.1, 0.15) is 0 Å². The molecule has 1 aromatic rings. The molecule has 0 aliphatic rings. The molecule has 0 bridgehead atoms. The van der Waals surface area contributed by atoms with Crippen LogP contribution in [-0.4, -0.2) is 29.7 Å². The van der Waals surface area contributed by atoms with E-state index in [1.807, 2.05) is 0 Å². The van der Waals surface area contributed by atoms with Crippen LogP contribution in [0.2, 0.25) is 0 Å². The van der Waals surface area contributed by atoms with E-state index in [0.717, 1.165) is 19.3 Å². The van der Waals surface area contributed by atoms with Crippen LogP contribution in [0, 0.1) is 0 Å². The number of aryl methyl sites for hydroxylation is 1. The molecule has 1 N–H and O–H groups in total. The van der Waals surface area contributed by atoms with Gasteiger partial charge in [-0.3, -0.25) is 0 Å². The number of carboxylic acid groups (broad SMARTS) is 1. The predicted molar refractivity (Wildman–Crippen MR) is 64.8 cm³/mol. The molecule has 16 heavy (non-hydrogen) atoms. The minimum atomic E-state index is -0.873. The molecule has 0 saturated carbocycles. The fourth-order valence-corrected chi connectivity index (χ4v) is 1.55. The zero-order chi connectivity index (χ0) is 12.0. The molecule has 1 amide bonds. The summed E-state index contributed by atoms with van der Waals surface area (Å²) in [6.07, 6.45) is 2.16. The maximum absolute atomic E-state index is 10.6. The van der Waals surface area contributed by atoms with E-state index in [2.05, 4.69) is 31.2 Å². The van der Waals surface area contributed by atoms with Gasteiger partial charge in [-0.15, -0.1) is 0 Å². The largest absolute Gasteiger partial charge is 0.465 e. The lowest BCUT2D eigenvalue weighted by Gasteiger charge is -2.12. The summed E-state index contributed by atoms with van der Waals surface area (Å²) in [5.74, 6) is 0. The summed E-state index contributed by atoms with van der Waals surface area (Å²) in [4.78, 5) is 11.9. The Hall–Kier alpha value is -1.51. The summed E-state index contributed by atoms with van der Waals surface area (Å²) in [5, 5.41) is 8.70. The van der Waals surface area contributed by atoms with E-state index in [4.69, 9.17) is 5.11 Å². The van der Waals surface area contributed by atoms with Gasteiger partial charge in [-0.2, -0.15) is 0 Å². The number of rotatable bonds is 5. The van der Waals surface area contributed by atoms with E-state index >= 15 is 0 Å². The molecule has 0 fully saturated rings. The van der Waals surface area contributed by atoms with Gasteiger partial charge in [-0.25, -0.2) is 4.79 Å². The first-order valence-electron chi connectivity index (χ1n) is 5.65. The maximum Gasteiger partial charge on any atom is 0.407 e. The van der Waals surface area contributed by atoms with Crippen LogP contribution >= 0.6 is 0 Å². The number of hydrogen-bond acceptors (Lipinski definition) is 1. The second-order valence-corrected chi connectivity index (χ2v) is 4.02. The number of carbonyl (C=O) groups is 1. The number of nitrogens with zero attached hydrogens (tertiary/aromatic N) is 1. The van der Waals surface area contributed by atoms with Gasteiger partial charge in [-0.05, 0) is 24.0 Å². The van der Waals surface area contributed by atoms with Gasteiger partial charge in [-0.1, -0.05) is 37.6 Å². The maximum atomic E-state index is 10.6. The molecule has 88 valence electrons. The fraction of sp³-hybridized carbons (Fsp3) is 0.462. The Kier molecular flexibility index (Phi) is 4.83. The van der Waals surface area contributed by atoms with Crippen molar-refractivity contribution in [3.8, 4) is 0 Å². The molecule has 3 nitrogen and oxygen atoms in total. The SMILES string of the molecule is CCCc1ccc(CCN(C)C(=O)O)cc1. The van der Waals surface area contributed by atoms with Crippen LogP contribution in [0.3, 0.4) is 0 Å². The quantitative estimate of drug-likeness (QED) is 0.830. The van der Waals surface area contributed by atoms with Crippen molar-refractivity contribution in [2.75, 3.05) is 13.6 Å². The molecule has 0 atom stereocenters. The standard InChI is InChI=1S/C13H19NO2/c1-3-4-11-5-7-12(8-6-11)9-10-14(2)13(15)16/h5-8H,3-4,9-10H2,1-2H3,(H,15,16). The highest BCUT2D eigenvalue weighted by Crippen LogP contribution is 2.07. The average Bonchev–Trinajstić information content (AvgIpc) is 2.28. The van der Waals surface area contributed by atoms with Gasteiger partial charge in [0, 0.05) is 13.6 Å². The Labute approximate surface area is 96.7 Å². The Morgan fingerprint density at radius 2 is 1.69 bits per heavy atom. The fourth-order valence-electron chi connectivity index (χ4n) is 1.55. The highest BCUT2D eigenvalue weighted by atomic mass is 16.4. The molecule has 0 aliphatic heterocycles. The summed E-state index contributed by atoms with van der Waals surface area (Å²) in [5.41, 5.74) is 2.53. The second kappa shape index (κ2) is 6.16. The Bertz CT molecular complexity index is 332. The topological polar surface area (TPSA) is 40.5 Å². The van der Waals surface area contributed by atoms with Gasteiger partial charge in [0.2, 0.25) is 0 Å². The lowest BCUT2D eigenvalue weighted by atomic mass is 10.1. The van der Waals surface area contributed by atoms with Gasteiger partial charge in [0.25, 0.3) is 0 Å².